The molecule has 0 unspecified atom stereocenters. The zero-order valence-electron chi connectivity index (χ0n) is 13.1. The minimum Gasteiger partial charge on any atom is -0.328 e. The molecule has 3 aromatic rings. The van der Waals surface area contributed by atoms with E-state index < -0.39 is 0 Å². The topological polar surface area (TPSA) is 33.1 Å². The Bertz CT molecular complexity index is 860. The third-order valence-corrected chi connectivity index (χ3v) is 4.62. The highest BCUT2D eigenvalue weighted by Crippen LogP contribution is 2.22. The van der Waals surface area contributed by atoms with Crippen LogP contribution in [0.1, 0.15) is 5.56 Å². The first kappa shape index (κ1) is 16.8. The van der Waals surface area contributed by atoms with E-state index in [0.717, 1.165) is 6.54 Å². The molecule has 0 saturated heterocycles. The number of para-hydroxylation sites is 1. The van der Waals surface area contributed by atoms with Gasteiger partial charge in [-0.15, -0.1) is 5.10 Å². The molecule has 2 aromatic carbocycles. The van der Waals surface area contributed by atoms with Crippen LogP contribution in [0.3, 0.4) is 0 Å². The van der Waals surface area contributed by atoms with Crippen LogP contribution in [0.5, 0.6) is 0 Å². The van der Waals surface area contributed by atoms with Crippen LogP contribution in [0.15, 0.2) is 54.6 Å². The van der Waals surface area contributed by atoms with Crippen LogP contribution in [-0.2, 0) is 13.2 Å². The van der Waals surface area contributed by atoms with E-state index in [1.54, 1.807) is 22.9 Å². The summed E-state index contributed by atoms with van der Waals surface area (Å²) in [5.41, 5.74) is 1.62. The van der Waals surface area contributed by atoms with Gasteiger partial charge in [0.05, 0.1) is 12.4 Å². The summed E-state index contributed by atoms with van der Waals surface area (Å²) in [6.45, 7) is 1.37. The molecular formula is C17H17FN4S2. The van der Waals surface area contributed by atoms with Crippen LogP contribution in [0.4, 0.5) is 15.2 Å². The maximum absolute atomic E-state index is 13.7. The highest BCUT2D eigenvalue weighted by Gasteiger charge is 2.09. The summed E-state index contributed by atoms with van der Waals surface area (Å²) in [7, 11) is 2.01. The molecule has 0 aliphatic carbocycles. The maximum Gasteiger partial charge on any atom is 0.209 e. The molecule has 0 aliphatic rings. The lowest BCUT2D eigenvalue weighted by atomic mass is 10.2. The summed E-state index contributed by atoms with van der Waals surface area (Å²) in [5.74, 6) is -0.314. The van der Waals surface area contributed by atoms with Crippen molar-refractivity contribution < 1.29 is 4.39 Å². The Balaban J connectivity index is 1.68. The Morgan fingerprint density at radius 2 is 1.88 bits per heavy atom. The number of rotatable bonds is 6. The minimum atomic E-state index is -0.314. The highest BCUT2D eigenvalue weighted by atomic mass is 32.1. The Hall–Kier alpha value is -2.09. The van der Waals surface area contributed by atoms with Gasteiger partial charge in [-0.05, 0) is 37.0 Å². The SMILES string of the molecule is CN(Cc1ccccc1)Cn1nc(Nc2ccccc2F)sc1=S. The first-order valence-corrected chi connectivity index (χ1v) is 8.66. The lowest BCUT2D eigenvalue weighted by molar-refractivity contribution is 0.245. The van der Waals surface area contributed by atoms with E-state index in [4.69, 9.17) is 12.2 Å². The lowest BCUT2D eigenvalue weighted by Gasteiger charge is -2.16. The van der Waals surface area contributed by atoms with E-state index in [-0.39, 0.29) is 5.82 Å². The molecule has 0 saturated carbocycles. The largest absolute Gasteiger partial charge is 0.328 e. The summed E-state index contributed by atoms with van der Waals surface area (Å²) in [6.07, 6.45) is 0. The average molecular weight is 360 g/mol. The number of benzene rings is 2. The van der Waals surface area contributed by atoms with Crippen LogP contribution >= 0.6 is 23.6 Å². The van der Waals surface area contributed by atoms with Crippen molar-refractivity contribution in [2.24, 2.45) is 0 Å². The van der Waals surface area contributed by atoms with Crippen LogP contribution in [0.2, 0.25) is 0 Å². The summed E-state index contributed by atoms with van der Waals surface area (Å²) in [6, 6.07) is 16.7. The van der Waals surface area contributed by atoms with Gasteiger partial charge in [0.1, 0.15) is 5.82 Å². The van der Waals surface area contributed by atoms with Crippen LogP contribution in [-0.4, -0.2) is 21.7 Å². The van der Waals surface area contributed by atoms with Gasteiger partial charge in [-0.1, -0.05) is 53.8 Å². The van der Waals surface area contributed by atoms with Crippen molar-refractivity contribution in [2.45, 2.75) is 13.2 Å². The van der Waals surface area contributed by atoms with Gasteiger partial charge in [0.2, 0.25) is 5.13 Å². The van der Waals surface area contributed by atoms with Crippen LogP contribution in [0, 0.1) is 9.77 Å². The third-order valence-electron chi connectivity index (χ3n) is 3.39. The van der Waals surface area contributed by atoms with Gasteiger partial charge in [0.25, 0.3) is 0 Å². The van der Waals surface area contributed by atoms with Gasteiger partial charge < -0.3 is 5.32 Å². The second-order valence-electron chi connectivity index (χ2n) is 5.42. The van der Waals surface area contributed by atoms with E-state index >= 15 is 0 Å². The number of halogens is 1. The standard InChI is InChI=1S/C17H17FN4S2/c1-21(11-13-7-3-2-4-8-13)12-22-17(23)24-16(20-22)19-15-10-6-5-9-14(15)18/h2-10H,11-12H2,1H3,(H,19,20). The molecule has 124 valence electrons. The van der Waals surface area contributed by atoms with Gasteiger partial charge in [0.15, 0.2) is 3.95 Å². The molecule has 1 aromatic heterocycles. The second kappa shape index (κ2) is 7.65. The number of hydrogen-bond acceptors (Lipinski definition) is 5. The Labute approximate surface area is 149 Å². The molecule has 0 aliphatic heterocycles. The predicted octanol–water partition coefficient (Wildman–Crippen LogP) is 4.65. The average Bonchev–Trinajstić information content (AvgIpc) is 2.90. The Morgan fingerprint density at radius 1 is 1.17 bits per heavy atom. The monoisotopic (exact) mass is 360 g/mol. The molecule has 0 spiro atoms. The third kappa shape index (κ3) is 4.25. The summed E-state index contributed by atoms with van der Waals surface area (Å²) in [5, 5.41) is 8.00. The Morgan fingerprint density at radius 3 is 2.62 bits per heavy atom. The number of aromatic nitrogens is 2. The van der Waals surface area contributed by atoms with Gasteiger partial charge in [-0.25, -0.2) is 9.07 Å². The molecule has 7 heteroatoms. The molecule has 0 amide bonds. The second-order valence-corrected chi connectivity index (χ2v) is 7.04. The zero-order valence-corrected chi connectivity index (χ0v) is 14.8. The van der Waals surface area contributed by atoms with Crippen molar-refractivity contribution in [3.05, 3.63) is 69.9 Å². The molecule has 0 atom stereocenters. The van der Waals surface area contributed by atoms with E-state index in [1.807, 2.05) is 25.2 Å². The van der Waals surface area contributed by atoms with Crippen molar-refractivity contribution in [2.75, 3.05) is 12.4 Å². The van der Waals surface area contributed by atoms with E-state index in [1.165, 1.54) is 23.0 Å². The predicted molar refractivity (Wildman–Crippen MR) is 98.5 cm³/mol. The number of nitrogens with one attached hydrogen (secondary N) is 1. The van der Waals surface area contributed by atoms with Crippen LogP contribution < -0.4 is 5.32 Å². The summed E-state index contributed by atoms with van der Waals surface area (Å²) >= 11 is 6.69. The molecule has 4 nitrogen and oxygen atoms in total. The first-order valence-electron chi connectivity index (χ1n) is 7.44. The van der Waals surface area contributed by atoms with E-state index in [2.05, 4.69) is 27.4 Å². The molecule has 0 radical (unpaired) electrons. The van der Waals surface area contributed by atoms with Gasteiger partial charge in [-0.3, -0.25) is 4.90 Å². The van der Waals surface area contributed by atoms with Gasteiger partial charge >= 0.3 is 0 Å². The van der Waals surface area contributed by atoms with Crippen molar-refractivity contribution in [3.63, 3.8) is 0 Å². The Kier molecular flexibility index (Phi) is 5.34. The van der Waals surface area contributed by atoms with Crippen LogP contribution in [0.25, 0.3) is 0 Å². The first-order chi connectivity index (χ1) is 11.6. The molecule has 1 heterocycles. The van der Waals surface area contributed by atoms with Crippen molar-refractivity contribution in [1.82, 2.24) is 14.7 Å². The molecule has 1 N–H and O–H groups in total. The minimum absolute atomic E-state index is 0.314. The summed E-state index contributed by atoms with van der Waals surface area (Å²) < 4.78 is 16.1. The molecule has 0 fully saturated rings. The summed E-state index contributed by atoms with van der Waals surface area (Å²) in [4.78, 5) is 2.12. The van der Waals surface area contributed by atoms with Crippen molar-refractivity contribution >= 4 is 34.4 Å². The van der Waals surface area contributed by atoms with Crippen molar-refractivity contribution in [3.8, 4) is 0 Å². The van der Waals surface area contributed by atoms with Gasteiger partial charge in [-0.2, -0.15) is 0 Å². The normalized spacial score (nSPS) is 11.0. The van der Waals surface area contributed by atoms with Crippen molar-refractivity contribution in [1.29, 1.82) is 0 Å². The maximum atomic E-state index is 13.7. The quantitative estimate of drug-likeness (QED) is 0.649. The lowest BCUT2D eigenvalue weighted by Crippen LogP contribution is -2.22. The molecule has 3 rings (SSSR count). The van der Waals surface area contributed by atoms with E-state index in [0.29, 0.717) is 21.4 Å². The fourth-order valence-electron chi connectivity index (χ4n) is 2.30. The molecule has 24 heavy (non-hydrogen) atoms. The van der Waals surface area contributed by atoms with E-state index in [9.17, 15) is 4.39 Å². The smallest absolute Gasteiger partial charge is 0.209 e. The molecular weight excluding hydrogens is 343 g/mol. The van der Waals surface area contributed by atoms with Gasteiger partial charge in [0, 0.05) is 6.54 Å². The number of nitrogens with zero attached hydrogens (tertiary/aromatic N) is 3. The molecule has 0 bridgehead atoms. The zero-order chi connectivity index (χ0) is 16.9. The fraction of sp³-hybridized carbons (Fsp3) is 0.176. The highest BCUT2D eigenvalue weighted by molar-refractivity contribution is 7.73. The number of anilines is 2. The fourth-order valence-corrected chi connectivity index (χ4v) is 3.30. The number of hydrogen-bond donors (Lipinski definition) is 1.